The summed E-state index contributed by atoms with van der Waals surface area (Å²) in [6, 6.07) is 97.6. The Morgan fingerprint density at radius 1 is 0.254 bits per heavy atom. The van der Waals surface area contributed by atoms with Crippen LogP contribution >= 0.6 is 0 Å². The van der Waals surface area contributed by atoms with Crippen LogP contribution in [-0.2, 0) is 0 Å². The average molecular weight is 1550 g/mol. The molecule has 0 saturated heterocycles. The molecule has 0 saturated carbocycles. The highest BCUT2D eigenvalue weighted by atomic mass is 15.0. The molecule has 8 heterocycles. The van der Waals surface area contributed by atoms with Gasteiger partial charge in [-0.1, -0.05) is 72.8 Å². The summed E-state index contributed by atoms with van der Waals surface area (Å²) in [6.07, 6.45) is 11.2. The Morgan fingerprint density at radius 3 is 0.762 bits per heavy atom. The van der Waals surface area contributed by atoms with E-state index < -0.39 is 0 Å². The van der Waals surface area contributed by atoms with Crippen molar-refractivity contribution in [3.05, 3.63) is 383 Å². The van der Waals surface area contributed by atoms with Crippen molar-refractivity contribution < 1.29 is 0 Å². The molecular weight excluding hydrogens is 1500 g/mol. The van der Waals surface area contributed by atoms with Crippen LogP contribution in [0, 0.1) is 85.5 Å². The zero-order valence-corrected chi connectivity index (χ0v) is 65.0. The first kappa shape index (κ1) is 71.6. The number of rotatable bonds is 8. The van der Waals surface area contributed by atoms with Gasteiger partial charge in [-0.25, -0.2) is 19.4 Å². The van der Waals surface area contributed by atoms with Crippen LogP contribution in [0.25, 0.3) is 217 Å². The van der Waals surface area contributed by atoms with Crippen molar-refractivity contribution in [2.45, 2.75) is 13.8 Å². The molecule has 560 valence electrons. The van der Waals surface area contributed by atoms with E-state index in [0.29, 0.717) is 45.0 Å². The lowest BCUT2D eigenvalue weighted by Gasteiger charge is -2.20. The van der Waals surface area contributed by atoms with E-state index in [2.05, 4.69) is 181 Å². The van der Waals surface area contributed by atoms with Gasteiger partial charge in [0.2, 0.25) is 0 Å². The van der Waals surface area contributed by atoms with Crippen molar-refractivity contribution in [1.29, 1.82) is 21.0 Å². The second-order valence-corrected chi connectivity index (χ2v) is 30.3. The summed E-state index contributed by atoms with van der Waals surface area (Å²) in [7, 11) is 0. The maximum absolute atomic E-state index is 9.85. The lowest BCUT2D eigenvalue weighted by molar-refractivity contribution is 1.18. The van der Waals surface area contributed by atoms with Crippen molar-refractivity contribution in [2.24, 2.45) is 0 Å². The maximum Gasteiger partial charge on any atom is 0.188 e. The van der Waals surface area contributed by atoms with Gasteiger partial charge in [0.25, 0.3) is 0 Å². The number of nitriles is 4. The third-order valence-corrected chi connectivity index (χ3v) is 23.5. The Balaban J connectivity index is 0.000000150. The molecule has 0 fully saturated rings. The highest BCUT2D eigenvalue weighted by Gasteiger charge is 2.27. The lowest BCUT2D eigenvalue weighted by Crippen LogP contribution is -1.99. The number of pyridine rings is 4. The fourth-order valence-electron chi connectivity index (χ4n) is 18.1. The van der Waals surface area contributed by atoms with E-state index in [1.807, 2.05) is 196 Å². The van der Waals surface area contributed by atoms with Gasteiger partial charge in [-0.05, 0) is 295 Å². The third-order valence-electron chi connectivity index (χ3n) is 23.5. The summed E-state index contributed by atoms with van der Waals surface area (Å²) in [4.78, 5) is 34.1. The van der Waals surface area contributed by atoms with Crippen LogP contribution in [0.1, 0.15) is 33.4 Å². The molecule has 16 nitrogen and oxygen atoms in total. The quantitative estimate of drug-likeness (QED) is 0.106. The first-order valence-electron chi connectivity index (χ1n) is 39.1. The van der Waals surface area contributed by atoms with Crippen molar-refractivity contribution in [1.82, 2.24) is 38.2 Å². The number of hydrogen-bond acceptors (Lipinski definition) is 8. The Morgan fingerprint density at radius 2 is 0.516 bits per heavy atom. The van der Waals surface area contributed by atoms with Crippen LogP contribution in [0.4, 0.5) is 22.7 Å². The predicted octanol–water partition coefficient (Wildman–Crippen LogP) is 26.9. The van der Waals surface area contributed by atoms with Gasteiger partial charge >= 0.3 is 0 Å². The number of nitrogens with zero attached hydrogens (tertiary/aromatic N) is 16. The topological polar surface area (TPSA) is 184 Å². The first-order chi connectivity index (χ1) is 59.9. The molecule has 0 N–H and O–H groups in total. The van der Waals surface area contributed by atoms with Gasteiger partial charge in [0.05, 0.1) is 128 Å². The van der Waals surface area contributed by atoms with E-state index in [-0.39, 0.29) is 0 Å². The largest absolute Gasteiger partial charge is 0.309 e. The van der Waals surface area contributed by atoms with Gasteiger partial charge in [0.1, 0.15) is 0 Å². The highest BCUT2D eigenvalue weighted by Crippen LogP contribution is 2.50. The van der Waals surface area contributed by atoms with Crippen molar-refractivity contribution in [2.75, 3.05) is 0 Å². The number of hydrogen-bond donors (Lipinski definition) is 0. The van der Waals surface area contributed by atoms with Gasteiger partial charge in [0.15, 0.2) is 22.7 Å². The summed E-state index contributed by atoms with van der Waals surface area (Å²) < 4.78 is 8.84. The third kappa shape index (κ3) is 11.4. The van der Waals surface area contributed by atoms with Crippen LogP contribution in [0.2, 0.25) is 0 Å². The molecule has 8 aromatic heterocycles. The van der Waals surface area contributed by atoms with Crippen molar-refractivity contribution >= 4 is 153 Å². The minimum Gasteiger partial charge on any atom is -0.309 e. The maximum atomic E-state index is 9.85. The molecule has 0 unspecified atom stereocenters. The summed E-state index contributed by atoms with van der Waals surface area (Å²) in [5.41, 5.74) is 25.2. The smallest absolute Gasteiger partial charge is 0.188 e. The number of fused-ring (bicyclic) bond motifs is 16. The van der Waals surface area contributed by atoms with Crippen molar-refractivity contribution in [3.63, 3.8) is 0 Å². The molecule has 22 aromatic rings. The number of aromatic nitrogens is 8. The zero-order valence-electron chi connectivity index (χ0n) is 65.0. The lowest BCUT2D eigenvalue weighted by atomic mass is 9.86. The molecule has 14 aromatic carbocycles. The van der Waals surface area contributed by atoms with Crippen LogP contribution in [0.5, 0.6) is 0 Å². The minimum atomic E-state index is 0.534. The summed E-state index contributed by atoms with van der Waals surface area (Å²) in [6.45, 7) is 35.0. The Bertz CT molecular complexity index is 7950. The van der Waals surface area contributed by atoms with Crippen LogP contribution < -0.4 is 0 Å². The molecule has 122 heavy (non-hydrogen) atoms. The number of aryl methyl sites for hydroxylation is 2. The van der Waals surface area contributed by atoms with E-state index in [1.165, 1.54) is 0 Å². The second kappa shape index (κ2) is 28.4. The predicted molar refractivity (Wildman–Crippen MR) is 487 cm³/mol. The summed E-state index contributed by atoms with van der Waals surface area (Å²) in [5.74, 6) is 0. The van der Waals surface area contributed by atoms with Gasteiger partial charge in [-0.3, -0.25) is 19.9 Å². The SMILES string of the molecule is [C-]#[N+]c1ccc2c(c1)c1cc(C#N)ccc1n2-c1ccc2c(-c3ccc(C)cn3)c3cc(-n4c5ccc(C#N)cc5c5cc([N+]#[C-])ccc54)ccc3c(-c3ccc(C)cn3)c2c1.[C-]#[N+]c1ccc2c(c1)c1cc(C#N)ccc1n2-c1ccc2c(-c3cccnc3)c3cc(-n4c5ccc(C#N)cc5c5cc([N+]#[C-])ccc54)ccc3c(-c3cccnc3)c2c1. The standard InChI is InChI=1S/C54H30N8.C52H26N8/c1-31-5-15-47(59-29-31)53-39-13-11-38(62-50-18-8-34(28-56)22-42(50)44-24-36(58-4)10-20-52(44)62)26-46(39)54(48-16-6-32(2)30-60-48)40-14-12-37(25-45(40)53)61-49-17-7-33(27-55)21-41(49)43-23-35(57-3)9-19-51(43)61;1-55-35-9-17-49-43(23-35)41-21-31(27-53)7-15-47(41)59(49)37-11-13-39-45(25-37)51(33-5-3-19-57-29-33)40-14-12-38(26-46(40)52(39)34-6-4-20-58-30-34)60-48-16-8-32(28-54)22-42(48)44-24-36(56-2)10-18-50(44)60/h5-26,29-30H,1-2H3;3-26,29-30H. The van der Waals surface area contributed by atoms with Crippen LogP contribution in [0.15, 0.2) is 304 Å². The molecule has 22 rings (SSSR count). The van der Waals surface area contributed by atoms with E-state index in [1.54, 1.807) is 12.4 Å². The molecule has 0 radical (unpaired) electrons. The zero-order chi connectivity index (χ0) is 82.7. The first-order valence-corrected chi connectivity index (χ1v) is 39.1. The molecule has 0 bridgehead atoms. The molecule has 0 spiro atoms. The molecule has 0 aliphatic carbocycles. The van der Waals surface area contributed by atoms with Crippen LogP contribution in [0.3, 0.4) is 0 Å². The van der Waals surface area contributed by atoms with E-state index in [0.717, 1.165) is 209 Å². The molecule has 0 atom stereocenters. The summed E-state index contributed by atoms with van der Waals surface area (Å²) >= 11 is 0. The Hall–Kier alpha value is -18.2. The van der Waals surface area contributed by atoms with Gasteiger partial charge < -0.3 is 18.3 Å². The van der Waals surface area contributed by atoms with Gasteiger partial charge in [-0.2, -0.15) is 21.0 Å². The molecule has 16 heteroatoms. The molecule has 0 aliphatic heterocycles. The van der Waals surface area contributed by atoms with Crippen molar-refractivity contribution in [3.8, 4) is 91.8 Å². The van der Waals surface area contributed by atoms with E-state index >= 15 is 0 Å². The van der Waals surface area contributed by atoms with E-state index in [4.69, 9.17) is 36.3 Å². The molecular formula is C106H56N16. The van der Waals surface area contributed by atoms with Gasteiger partial charge in [0, 0.05) is 104 Å². The summed E-state index contributed by atoms with van der Waals surface area (Å²) in [5, 5.41) is 54.7. The second-order valence-electron chi connectivity index (χ2n) is 30.3. The monoisotopic (exact) mass is 1550 g/mol. The fourth-order valence-corrected chi connectivity index (χ4v) is 18.1. The number of benzene rings is 14. The average Bonchev–Trinajstić information content (AvgIpc) is 1.24. The molecule has 0 amide bonds. The van der Waals surface area contributed by atoms with Crippen LogP contribution in [-0.4, -0.2) is 38.2 Å². The normalized spacial score (nSPS) is 11.3. The Kier molecular flexibility index (Phi) is 16.7. The van der Waals surface area contributed by atoms with E-state index in [9.17, 15) is 21.0 Å². The van der Waals surface area contributed by atoms with Gasteiger partial charge in [-0.15, -0.1) is 0 Å². The highest BCUT2D eigenvalue weighted by molar-refractivity contribution is 6.25. The Labute approximate surface area is 696 Å². The fraction of sp³-hybridized carbons (Fsp3) is 0.0189. The molecule has 0 aliphatic rings. The minimum absolute atomic E-state index is 0.534.